The van der Waals surface area contributed by atoms with Crippen molar-refractivity contribution in [3.8, 4) is 5.75 Å². The quantitative estimate of drug-likeness (QED) is 0.899. The number of likely N-dealkylation sites (N-methyl/N-ethyl adjacent to an activating group) is 1. The van der Waals surface area contributed by atoms with Gasteiger partial charge < -0.3 is 19.6 Å². The van der Waals surface area contributed by atoms with Crippen LogP contribution in [-0.4, -0.2) is 66.9 Å². The largest absolute Gasteiger partial charge is 0.488 e. The van der Waals surface area contributed by atoms with E-state index in [9.17, 15) is 5.11 Å². The highest BCUT2D eigenvalue weighted by atomic mass is 16.5. The summed E-state index contributed by atoms with van der Waals surface area (Å²) in [7, 11) is 4.38. The van der Waals surface area contributed by atoms with Crippen molar-refractivity contribution >= 4 is 0 Å². The van der Waals surface area contributed by atoms with Crippen molar-refractivity contribution in [2.45, 2.75) is 50.4 Å². The lowest BCUT2D eigenvalue weighted by molar-refractivity contribution is -0.0514. The van der Waals surface area contributed by atoms with Crippen LogP contribution < -0.4 is 4.74 Å². The monoisotopic (exact) mass is 332 g/mol. The molecule has 0 aromatic heterocycles. The Labute approximate surface area is 146 Å². The molecule has 3 rings (SSSR count). The number of aliphatic hydroxyl groups is 1. The molecule has 1 N–H and O–H groups in total. The Kier molecular flexibility index (Phi) is 6.14. The fourth-order valence-electron chi connectivity index (χ4n) is 4.19. The number of para-hydroxylation sites is 1. The molecule has 0 amide bonds. The maximum absolute atomic E-state index is 10.9. The summed E-state index contributed by atoms with van der Waals surface area (Å²) in [5, 5.41) is 10.9. The van der Waals surface area contributed by atoms with Crippen molar-refractivity contribution in [3.63, 3.8) is 0 Å². The van der Waals surface area contributed by atoms with Crippen molar-refractivity contribution in [2.24, 2.45) is 5.92 Å². The summed E-state index contributed by atoms with van der Waals surface area (Å²) in [6.07, 6.45) is 5.17. The van der Waals surface area contributed by atoms with Gasteiger partial charge in [-0.05, 0) is 77.3 Å². The fourth-order valence-corrected chi connectivity index (χ4v) is 4.19. The second-order valence-electron chi connectivity index (χ2n) is 7.64. The Morgan fingerprint density at radius 1 is 1.12 bits per heavy atom. The van der Waals surface area contributed by atoms with E-state index >= 15 is 0 Å². The topological polar surface area (TPSA) is 35.9 Å². The van der Waals surface area contributed by atoms with Crippen LogP contribution in [0.3, 0.4) is 0 Å². The zero-order valence-electron chi connectivity index (χ0n) is 15.1. The smallest absolute Gasteiger partial charge is 0.126 e. The van der Waals surface area contributed by atoms with Crippen LogP contribution in [0.2, 0.25) is 0 Å². The van der Waals surface area contributed by atoms with Gasteiger partial charge in [0, 0.05) is 12.6 Å². The summed E-state index contributed by atoms with van der Waals surface area (Å²) < 4.78 is 6.07. The van der Waals surface area contributed by atoms with E-state index < -0.39 is 6.10 Å². The van der Waals surface area contributed by atoms with E-state index in [4.69, 9.17) is 4.74 Å². The minimum atomic E-state index is -0.407. The zero-order valence-corrected chi connectivity index (χ0v) is 15.1. The van der Waals surface area contributed by atoms with E-state index in [1.807, 2.05) is 30.3 Å². The predicted molar refractivity (Wildman–Crippen MR) is 97.4 cm³/mol. The molecule has 2 fully saturated rings. The maximum atomic E-state index is 10.9. The van der Waals surface area contributed by atoms with Crippen LogP contribution in [-0.2, 0) is 0 Å². The first-order chi connectivity index (χ1) is 11.6. The molecule has 4 heteroatoms. The number of nitrogens with zero attached hydrogens (tertiary/aromatic N) is 2. The predicted octanol–water partition coefficient (Wildman–Crippen LogP) is 2.62. The molecule has 0 radical (unpaired) electrons. The highest BCUT2D eigenvalue weighted by Gasteiger charge is 2.36. The molecule has 24 heavy (non-hydrogen) atoms. The van der Waals surface area contributed by atoms with Crippen molar-refractivity contribution < 1.29 is 9.84 Å². The number of hydrogen-bond donors (Lipinski definition) is 1. The number of aliphatic hydroxyl groups excluding tert-OH is 1. The van der Waals surface area contributed by atoms with Crippen LogP contribution in [0.25, 0.3) is 0 Å². The minimum Gasteiger partial charge on any atom is -0.488 e. The van der Waals surface area contributed by atoms with Crippen LogP contribution in [0.4, 0.5) is 0 Å². The summed E-state index contributed by atoms with van der Waals surface area (Å²) in [5.41, 5.74) is 0. The Morgan fingerprint density at radius 3 is 2.54 bits per heavy atom. The lowest BCUT2D eigenvalue weighted by atomic mass is 9.87. The first-order valence-corrected chi connectivity index (χ1v) is 9.42. The van der Waals surface area contributed by atoms with Crippen molar-refractivity contribution in [2.75, 3.05) is 33.7 Å². The van der Waals surface area contributed by atoms with Crippen LogP contribution in [0.5, 0.6) is 5.75 Å². The fraction of sp³-hybridized carbons (Fsp3) is 0.700. The van der Waals surface area contributed by atoms with E-state index in [-0.39, 0.29) is 12.1 Å². The molecule has 1 aromatic carbocycles. The lowest BCUT2D eigenvalue weighted by Crippen LogP contribution is -2.53. The van der Waals surface area contributed by atoms with Gasteiger partial charge in [-0.25, -0.2) is 0 Å². The third kappa shape index (κ3) is 4.50. The van der Waals surface area contributed by atoms with E-state index in [1.54, 1.807) is 0 Å². The molecular formula is C20H32N2O2. The summed E-state index contributed by atoms with van der Waals surface area (Å²) in [6, 6.07) is 10.1. The van der Waals surface area contributed by atoms with Gasteiger partial charge in [-0.3, -0.25) is 0 Å². The van der Waals surface area contributed by atoms with Crippen LogP contribution in [0.1, 0.15) is 32.1 Å². The van der Waals surface area contributed by atoms with Gasteiger partial charge in [-0.1, -0.05) is 18.2 Å². The van der Waals surface area contributed by atoms with Gasteiger partial charge in [0.05, 0.1) is 0 Å². The van der Waals surface area contributed by atoms with Crippen molar-refractivity contribution in [3.05, 3.63) is 30.3 Å². The molecule has 0 bridgehead atoms. The summed E-state index contributed by atoms with van der Waals surface area (Å²) >= 11 is 0. The van der Waals surface area contributed by atoms with Crippen LogP contribution in [0.15, 0.2) is 30.3 Å². The maximum Gasteiger partial charge on any atom is 0.126 e. The number of ether oxygens (including phenoxy) is 1. The molecule has 0 spiro atoms. The Morgan fingerprint density at radius 2 is 1.83 bits per heavy atom. The Bertz CT molecular complexity index is 488. The van der Waals surface area contributed by atoms with E-state index in [2.05, 4.69) is 23.9 Å². The van der Waals surface area contributed by atoms with Crippen LogP contribution >= 0.6 is 0 Å². The molecule has 1 heterocycles. The molecule has 2 aliphatic rings. The normalized spacial score (nSPS) is 29.8. The summed E-state index contributed by atoms with van der Waals surface area (Å²) in [4.78, 5) is 4.80. The van der Waals surface area contributed by atoms with Crippen LogP contribution in [0, 0.1) is 5.92 Å². The first-order valence-electron chi connectivity index (χ1n) is 9.42. The van der Waals surface area contributed by atoms with Gasteiger partial charge in [-0.15, -0.1) is 0 Å². The lowest BCUT2D eigenvalue weighted by Gasteiger charge is -2.41. The summed E-state index contributed by atoms with van der Waals surface area (Å²) in [5.74, 6) is 1.62. The van der Waals surface area contributed by atoms with E-state index in [1.165, 1.54) is 25.9 Å². The second-order valence-corrected chi connectivity index (χ2v) is 7.64. The van der Waals surface area contributed by atoms with Gasteiger partial charge in [0.1, 0.15) is 18.0 Å². The Hall–Kier alpha value is -1.10. The molecule has 1 saturated carbocycles. The van der Waals surface area contributed by atoms with E-state index in [0.29, 0.717) is 0 Å². The highest BCUT2D eigenvalue weighted by Crippen LogP contribution is 2.28. The first kappa shape index (κ1) is 17.7. The van der Waals surface area contributed by atoms with Gasteiger partial charge in [-0.2, -0.15) is 0 Å². The standard InChI is InChI=1S/C20H32N2O2/c1-21-13-11-16(12-14-21)15-22(2)18-9-6-10-19(20(18)23)24-17-7-4-3-5-8-17/h3-5,7-8,16,18-20,23H,6,9-15H2,1-2H3/t18-,19+,20+/m0/s1. The highest BCUT2D eigenvalue weighted by molar-refractivity contribution is 5.21. The third-order valence-electron chi connectivity index (χ3n) is 5.74. The van der Waals surface area contributed by atoms with Gasteiger partial charge >= 0.3 is 0 Å². The number of benzene rings is 1. The molecule has 4 nitrogen and oxygen atoms in total. The number of piperidine rings is 1. The van der Waals surface area contributed by atoms with Gasteiger partial charge in [0.15, 0.2) is 0 Å². The van der Waals surface area contributed by atoms with Gasteiger partial charge in [0.2, 0.25) is 0 Å². The van der Waals surface area contributed by atoms with E-state index in [0.717, 1.165) is 37.5 Å². The van der Waals surface area contributed by atoms with Crippen molar-refractivity contribution in [1.82, 2.24) is 9.80 Å². The minimum absolute atomic E-state index is 0.0916. The molecule has 3 atom stereocenters. The Balaban J connectivity index is 1.54. The molecule has 1 saturated heterocycles. The zero-order chi connectivity index (χ0) is 16.9. The van der Waals surface area contributed by atoms with Gasteiger partial charge in [0.25, 0.3) is 0 Å². The molecule has 134 valence electrons. The SMILES string of the molecule is CN1CCC(CN(C)[C@H]2CCC[C@@H](Oc3ccccc3)[C@@H]2O)CC1. The summed E-state index contributed by atoms with van der Waals surface area (Å²) in [6.45, 7) is 3.49. The number of rotatable bonds is 5. The number of likely N-dealkylation sites (tertiary alicyclic amines) is 1. The molecule has 1 aliphatic carbocycles. The average molecular weight is 332 g/mol. The number of hydrogen-bond acceptors (Lipinski definition) is 4. The molecular weight excluding hydrogens is 300 g/mol. The third-order valence-corrected chi connectivity index (χ3v) is 5.74. The van der Waals surface area contributed by atoms with Crippen molar-refractivity contribution in [1.29, 1.82) is 0 Å². The molecule has 1 aromatic rings. The second kappa shape index (κ2) is 8.32. The average Bonchev–Trinajstić information content (AvgIpc) is 2.60. The molecule has 0 unspecified atom stereocenters. The molecule has 1 aliphatic heterocycles.